The Morgan fingerprint density at radius 3 is 2.29 bits per heavy atom. The van der Waals surface area contributed by atoms with Gasteiger partial charge in [0.05, 0.1) is 6.61 Å². The van der Waals surface area contributed by atoms with E-state index >= 15 is 0 Å². The summed E-state index contributed by atoms with van der Waals surface area (Å²) >= 11 is 0. The molecule has 0 aromatic heterocycles. The molecule has 0 saturated heterocycles. The van der Waals surface area contributed by atoms with Crippen LogP contribution in [0, 0.1) is 0 Å². The van der Waals surface area contributed by atoms with Crippen molar-refractivity contribution in [2.75, 3.05) is 18.1 Å². The number of ether oxygens (including phenoxy) is 1. The van der Waals surface area contributed by atoms with Crippen molar-refractivity contribution >= 4 is 11.4 Å². The predicted molar refractivity (Wildman–Crippen MR) is 71.9 cm³/mol. The Morgan fingerprint density at radius 2 is 1.65 bits per heavy atom. The molecule has 0 radical (unpaired) electrons. The zero-order chi connectivity index (χ0) is 12.3. The molecule has 4 N–H and O–H groups in total. The maximum Gasteiger partial charge on any atom is 0.121 e. The van der Waals surface area contributed by atoms with Crippen molar-refractivity contribution in [2.24, 2.45) is 0 Å². The molecule has 0 aliphatic heterocycles. The summed E-state index contributed by atoms with van der Waals surface area (Å²) in [5.74, 6) is 0.781. The van der Waals surface area contributed by atoms with Gasteiger partial charge in [0.2, 0.25) is 0 Å². The first-order valence-electron chi connectivity index (χ1n) is 5.59. The van der Waals surface area contributed by atoms with E-state index in [0.717, 1.165) is 22.6 Å². The Balaban J connectivity index is 2.44. The third-order valence-corrected chi connectivity index (χ3v) is 2.58. The van der Waals surface area contributed by atoms with E-state index in [9.17, 15) is 0 Å². The van der Waals surface area contributed by atoms with Crippen molar-refractivity contribution < 1.29 is 4.74 Å². The zero-order valence-corrected chi connectivity index (χ0v) is 9.81. The molecule has 2 aromatic rings. The van der Waals surface area contributed by atoms with Gasteiger partial charge < -0.3 is 16.2 Å². The van der Waals surface area contributed by atoms with Crippen LogP contribution >= 0.6 is 0 Å². The second kappa shape index (κ2) is 4.78. The molecule has 88 valence electrons. The molecule has 3 heteroatoms. The molecular weight excluding hydrogens is 212 g/mol. The molecule has 2 rings (SSSR count). The molecule has 0 amide bonds. The lowest BCUT2D eigenvalue weighted by molar-refractivity contribution is 0.340. The van der Waals surface area contributed by atoms with E-state index in [1.807, 2.05) is 49.4 Å². The fraction of sp³-hybridized carbons (Fsp3) is 0.143. The van der Waals surface area contributed by atoms with Gasteiger partial charge in [-0.3, -0.25) is 0 Å². The molecule has 17 heavy (non-hydrogen) atoms. The van der Waals surface area contributed by atoms with Gasteiger partial charge in [-0.25, -0.2) is 0 Å². The number of benzene rings is 2. The quantitative estimate of drug-likeness (QED) is 0.794. The molecular formula is C14H16N2O. The molecule has 0 spiro atoms. The van der Waals surface area contributed by atoms with Crippen molar-refractivity contribution in [1.29, 1.82) is 0 Å². The van der Waals surface area contributed by atoms with Gasteiger partial charge in [0, 0.05) is 28.6 Å². The van der Waals surface area contributed by atoms with E-state index in [0.29, 0.717) is 12.3 Å². The number of anilines is 2. The number of para-hydroxylation sites is 1. The van der Waals surface area contributed by atoms with Crippen molar-refractivity contribution in [3.05, 3.63) is 42.5 Å². The Bertz CT molecular complexity index is 523. The second-order valence-electron chi connectivity index (χ2n) is 3.77. The van der Waals surface area contributed by atoms with Crippen LogP contribution < -0.4 is 16.2 Å². The molecule has 0 atom stereocenters. The van der Waals surface area contributed by atoms with Crippen molar-refractivity contribution in [3.63, 3.8) is 0 Å². The van der Waals surface area contributed by atoms with Crippen LogP contribution in [0.3, 0.4) is 0 Å². The Labute approximate surface area is 101 Å². The van der Waals surface area contributed by atoms with Crippen molar-refractivity contribution in [1.82, 2.24) is 0 Å². The molecule has 0 fully saturated rings. The summed E-state index contributed by atoms with van der Waals surface area (Å²) < 4.78 is 5.40. The van der Waals surface area contributed by atoms with Gasteiger partial charge in [-0.05, 0) is 25.1 Å². The monoisotopic (exact) mass is 228 g/mol. The molecule has 0 aliphatic carbocycles. The van der Waals surface area contributed by atoms with Crippen molar-refractivity contribution in [2.45, 2.75) is 6.92 Å². The van der Waals surface area contributed by atoms with Crippen LogP contribution in [-0.4, -0.2) is 6.61 Å². The minimum Gasteiger partial charge on any atom is -0.494 e. The van der Waals surface area contributed by atoms with Gasteiger partial charge in [-0.2, -0.15) is 0 Å². The lowest BCUT2D eigenvalue weighted by Crippen LogP contribution is -1.96. The van der Waals surface area contributed by atoms with Crippen LogP contribution in [0.5, 0.6) is 5.75 Å². The third kappa shape index (κ3) is 2.33. The van der Waals surface area contributed by atoms with Gasteiger partial charge in [-0.15, -0.1) is 0 Å². The standard InChI is InChI=1S/C14H16N2O/c1-2-17-10-7-8-12(14(16)9-10)11-5-3-4-6-13(11)15/h3-9H,2,15-16H2,1H3. The normalized spacial score (nSPS) is 10.2. The highest BCUT2D eigenvalue weighted by Gasteiger charge is 2.06. The maximum atomic E-state index is 6.02. The lowest BCUT2D eigenvalue weighted by Gasteiger charge is -2.10. The van der Waals surface area contributed by atoms with Gasteiger partial charge in [-0.1, -0.05) is 18.2 Å². The van der Waals surface area contributed by atoms with Gasteiger partial charge in [0.1, 0.15) is 5.75 Å². The van der Waals surface area contributed by atoms with Crippen LogP contribution in [0.4, 0.5) is 11.4 Å². The molecule has 0 bridgehead atoms. The van der Waals surface area contributed by atoms with Crippen LogP contribution in [0.25, 0.3) is 11.1 Å². The lowest BCUT2D eigenvalue weighted by atomic mass is 10.0. The van der Waals surface area contributed by atoms with E-state index < -0.39 is 0 Å². The highest BCUT2D eigenvalue weighted by molar-refractivity contribution is 5.84. The SMILES string of the molecule is CCOc1ccc(-c2ccccc2N)c(N)c1. The van der Waals surface area contributed by atoms with E-state index in [4.69, 9.17) is 16.2 Å². The molecule has 3 nitrogen and oxygen atoms in total. The van der Waals surface area contributed by atoms with E-state index in [1.54, 1.807) is 0 Å². The summed E-state index contributed by atoms with van der Waals surface area (Å²) in [4.78, 5) is 0. The molecule has 0 saturated carbocycles. The number of rotatable bonds is 3. The number of nitrogen functional groups attached to an aromatic ring is 2. The highest BCUT2D eigenvalue weighted by atomic mass is 16.5. The fourth-order valence-electron chi connectivity index (χ4n) is 1.78. The summed E-state index contributed by atoms with van der Waals surface area (Å²) in [5, 5.41) is 0. The minimum absolute atomic E-state index is 0.631. The second-order valence-corrected chi connectivity index (χ2v) is 3.77. The molecule has 0 unspecified atom stereocenters. The van der Waals surface area contributed by atoms with Crippen LogP contribution in [0.1, 0.15) is 6.92 Å². The van der Waals surface area contributed by atoms with E-state index in [-0.39, 0.29) is 0 Å². The Kier molecular flexibility index (Phi) is 3.19. The highest BCUT2D eigenvalue weighted by Crippen LogP contribution is 2.32. The Hall–Kier alpha value is -2.16. The van der Waals surface area contributed by atoms with Gasteiger partial charge in [0.15, 0.2) is 0 Å². The number of hydrogen-bond acceptors (Lipinski definition) is 3. The minimum atomic E-state index is 0.631. The Morgan fingerprint density at radius 1 is 0.941 bits per heavy atom. The smallest absolute Gasteiger partial charge is 0.121 e. The van der Waals surface area contributed by atoms with Gasteiger partial charge >= 0.3 is 0 Å². The van der Waals surface area contributed by atoms with Crippen LogP contribution in [0.2, 0.25) is 0 Å². The molecule has 0 aliphatic rings. The number of hydrogen-bond donors (Lipinski definition) is 2. The predicted octanol–water partition coefficient (Wildman–Crippen LogP) is 2.92. The summed E-state index contributed by atoms with van der Waals surface area (Å²) in [5.41, 5.74) is 15.2. The third-order valence-electron chi connectivity index (χ3n) is 2.58. The van der Waals surface area contributed by atoms with Crippen molar-refractivity contribution in [3.8, 4) is 16.9 Å². The summed E-state index contributed by atoms with van der Waals surface area (Å²) in [6.07, 6.45) is 0. The molecule has 0 heterocycles. The van der Waals surface area contributed by atoms with Crippen LogP contribution in [-0.2, 0) is 0 Å². The summed E-state index contributed by atoms with van der Waals surface area (Å²) in [7, 11) is 0. The first-order valence-corrected chi connectivity index (χ1v) is 5.59. The van der Waals surface area contributed by atoms with E-state index in [1.165, 1.54) is 0 Å². The molecule has 2 aromatic carbocycles. The average molecular weight is 228 g/mol. The number of nitrogens with two attached hydrogens (primary N) is 2. The first kappa shape index (κ1) is 11.3. The first-order chi connectivity index (χ1) is 8.22. The van der Waals surface area contributed by atoms with Gasteiger partial charge in [0.25, 0.3) is 0 Å². The topological polar surface area (TPSA) is 61.3 Å². The maximum absolute atomic E-state index is 6.02. The van der Waals surface area contributed by atoms with Crippen LogP contribution in [0.15, 0.2) is 42.5 Å². The zero-order valence-electron chi connectivity index (χ0n) is 9.81. The fourth-order valence-corrected chi connectivity index (χ4v) is 1.78. The van der Waals surface area contributed by atoms with E-state index in [2.05, 4.69) is 0 Å². The summed E-state index contributed by atoms with van der Waals surface area (Å²) in [6.45, 7) is 2.57. The average Bonchev–Trinajstić information content (AvgIpc) is 2.31. The largest absolute Gasteiger partial charge is 0.494 e. The summed E-state index contributed by atoms with van der Waals surface area (Å²) in [6, 6.07) is 13.3.